The zero-order valence-corrected chi connectivity index (χ0v) is 13.1. The summed E-state index contributed by atoms with van der Waals surface area (Å²) >= 11 is 0. The Kier molecular flexibility index (Phi) is 11.0. The maximum atomic E-state index is 8.74. The molecule has 0 aliphatic rings. The van der Waals surface area contributed by atoms with Crippen LogP contribution < -0.4 is 4.90 Å². The van der Waals surface area contributed by atoms with Gasteiger partial charge in [-0.05, 0) is 26.0 Å². The van der Waals surface area contributed by atoms with Gasteiger partial charge in [-0.3, -0.25) is 18.2 Å². The molecule has 4 N–H and O–H groups in total. The first-order chi connectivity index (χ1) is 9.38. The van der Waals surface area contributed by atoms with Crippen molar-refractivity contribution in [2.75, 3.05) is 18.0 Å². The van der Waals surface area contributed by atoms with Crippen LogP contribution >= 0.6 is 0 Å². The number of nitrogens with zero attached hydrogens (tertiary/aromatic N) is 1. The van der Waals surface area contributed by atoms with Crippen LogP contribution in [0.5, 0.6) is 0 Å². The maximum Gasteiger partial charge on any atom is 0.394 e. The van der Waals surface area contributed by atoms with Crippen LogP contribution in [0.1, 0.15) is 13.8 Å². The van der Waals surface area contributed by atoms with Crippen molar-refractivity contribution in [2.45, 2.75) is 13.8 Å². The van der Waals surface area contributed by atoms with E-state index in [-0.39, 0.29) is 0 Å². The fourth-order valence-corrected chi connectivity index (χ4v) is 1.23. The largest absolute Gasteiger partial charge is 0.394 e. The van der Waals surface area contributed by atoms with Crippen molar-refractivity contribution < 1.29 is 35.0 Å². The summed E-state index contributed by atoms with van der Waals surface area (Å²) in [5.41, 5.74) is 1.32. The number of hydrogen-bond acceptors (Lipinski definition) is 5. The summed E-state index contributed by atoms with van der Waals surface area (Å²) in [7, 11) is -9.33. The molecule has 0 aromatic heterocycles. The molecule has 21 heavy (non-hydrogen) atoms. The lowest BCUT2D eigenvalue weighted by Crippen LogP contribution is -2.21. The number of benzene rings is 1. The third kappa shape index (κ3) is 24.2. The van der Waals surface area contributed by atoms with E-state index in [1.54, 1.807) is 0 Å². The lowest BCUT2D eigenvalue weighted by molar-refractivity contribution is 0.378. The molecule has 9 nitrogen and oxygen atoms in total. The predicted octanol–water partition coefficient (Wildman–Crippen LogP) is 1.23. The SMILES string of the molecule is CCN(CC)c1ccccc1.O=S(=O)(O)O.O=S(=O)(O)O. The molecule has 0 heterocycles. The average Bonchev–Trinajstić information content (AvgIpc) is 2.27. The molecule has 0 aliphatic heterocycles. The molecule has 1 aromatic rings. The molecule has 0 aliphatic carbocycles. The van der Waals surface area contributed by atoms with Crippen LogP contribution in [0.4, 0.5) is 5.69 Å². The van der Waals surface area contributed by atoms with Crippen molar-refractivity contribution in [1.29, 1.82) is 0 Å². The summed E-state index contributed by atoms with van der Waals surface area (Å²) in [6, 6.07) is 10.5. The molecule has 0 saturated heterocycles. The smallest absolute Gasteiger partial charge is 0.372 e. The summed E-state index contributed by atoms with van der Waals surface area (Å²) in [6.07, 6.45) is 0. The Bertz CT molecular complexity index is 520. The number of anilines is 1. The Hall–Kier alpha value is -1.24. The molecule has 0 saturated carbocycles. The molecule has 0 amide bonds. The molecular weight excluding hydrogens is 326 g/mol. The molecule has 124 valence electrons. The van der Waals surface area contributed by atoms with Crippen molar-refractivity contribution in [3.05, 3.63) is 30.3 Å². The predicted molar refractivity (Wildman–Crippen MR) is 78.4 cm³/mol. The molecule has 1 rings (SSSR count). The molecule has 0 fully saturated rings. The quantitative estimate of drug-likeness (QED) is 0.592. The van der Waals surface area contributed by atoms with Gasteiger partial charge >= 0.3 is 20.8 Å². The van der Waals surface area contributed by atoms with E-state index in [0.29, 0.717) is 0 Å². The van der Waals surface area contributed by atoms with Crippen LogP contribution in [0.2, 0.25) is 0 Å². The van der Waals surface area contributed by atoms with Gasteiger partial charge in [-0.2, -0.15) is 16.8 Å². The van der Waals surface area contributed by atoms with E-state index < -0.39 is 20.8 Å². The van der Waals surface area contributed by atoms with Crippen molar-refractivity contribution in [2.24, 2.45) is 0 Å². The van der Waals surface area contributed by atoms with Gasteiger partial charge in [0.15, 0.2) is 0 Å². The minimum atomic E-state index is -4.67. The van der Waals surface area contributed by atoms with Gasteiger partial charge in [-0.25, -0.2) is 0 Å². The average molecular weight is 345 g/mol. The highest BCUT2D eigenvalue weighted by Crippen LogP contribution is 2.11. The first kappa shape index (κ1) is 22.0. The molecule has 11 heteroatoms. The van der Waals surface area contributed by atoms with E-state index in [9.17, 15) is 0 Å². The molecular formula is C10H19NO8S2. The van der Waals surface area contributed by atoms with Crippen molar-refractivity contribution in [3.63, 3.8) is 0 Å². The van der Waals surface area contributed by atoms with E-state index in [0.717, 1.165) is 13.1 Å². The van der Waals surface area contributed by atoms with E-state index in [4.69, 9.17) is 35.0 Å². The lowest BCUT2D eigenvalue weighted by Gasteiger charge is -2.20. The van der Waals surface area contributed by atoms with Gasteiger partial charge in [-0.1, -0.05) is 18.2 Å². The fourth-order valence-electron chi connectivity index (χ4n) is 1.23. The zero-order chi connectivity index (χ0) is 17.1. The molecule has 0 spiro atoms. The van der Waals surface area contributed by atoms with Gasteiger partial charge in [0, 0.05) is 18.8 Å². The molecule has 0 unspecified atom stereocenters. The third-order valence-electron chi connectivity index (χ3n) is 1.88. The molecule has 0 atom stereocenters. The van der Waals surface area contributed by atoms with Crippen LogP contribution in [0.3, 0.4) is 0 Å². The summed E-state index contributed by atoms with van der Waals surface area (Å²) in [5.74, 6) is 0. The monoisotopic (exact) mass is 345 g/mol. The van der Waals surface area contributed by atoms with Gasteiger partial charge in [0.25, 0.3) is 0 Å². The molecule has 1 aromatic carbocycles. The highest BCUT2D eigenvalue weighted by molar-refractivity contribution is 7.80. The Morgan fingerprint density at radius 1 is 0.810 bits per heavy atom. The highest BCUT2D eigenvalue weighted by atomic mass is 32.3. The second kappa shape index (κ2) is 10.5. The molecule has 0 bridgehead atoms. The molecule has 0 radical (unpaired) electrons. The van der Waals surface area contributed by atoms with Crippen LogP contribution in [0, 0.1) is 0 Å². The summed E-state index contributed by atoms with van der Waals surface area (Å²) in [4.78, 5) is 2.33. The summed E-state index contributed by atoms with van der Waals surface area (Å²) in [5, 5.41) is 0. The minimum absolute atomic E-state index is 1.08. The van der Waals surface area contributed by atoms with E-state index in [1.165, 1.54) is 5.69 Å². The van der Waals surface area contributed by atoms with Crippen molar-refractivity contribution in [1.82, 2.24) is 0 Å². The Morgan fingerprint density at radius 2 is 1.10 bits per heavy atom. The fraction of sp³-hybridized carbons (Fsp3) is 0.400. The number of para-hydroxylation sites is 1. The van der Waals surface area contributed by atoms with E-state index in [1.807, 2.05) is 6.07 Å². The Labute approximate surface area is 124 Å². The third-order valence-corrected chi connectivity index (χ3v) is 1.88. The zero-order valence-electron chi connectivity index (χ0n) is 11.5. The second-order valence-corrected chi connectivity index (χ2v) is 5.19. The standard InChI is InChI=1S/C10H15N.2H2O4S/c1-3-11(4-2)10-8-6-5-7-9-10;2*1-5(2,3)4/h5-9H,3-4H2,1-2H3;2*(H2,1,2,3,4). The van der Waals surface area contributed by atoms with E-state index in [2.05, 4.69) is 43.0 Å². The van der Waals surface area contributed by atoms with Gasteiger partial charge in [0.05, 0.1) is 0 Å². The van der Waals surface area contributed by atoms with Crippen LogP contribution in [0.15, 0.2) is 30.3 Å². The Balaban J connectivity index is 0. The van der Waals surface area contributed by atoms with Gasteiger partial charge in [-0.15, -0.1) is 0 Å². The first-order valence-electron chi connectivity index (χ1n) is 5.58. The summed E-state index contributed by atoms with van der Waals surface area (Å²) < 4.78 is 63.2. The van der Waals surface area contributed by atoms with E-state index >= 15 is 0 Å². The van der Waals surface area contributed by atoms with Crippen molar-refractivity contribution in [3.8, 4) is 0 Å². The van der Waals surface area contributed by atoms with Gasteiger partial charge < -0.3 is 4.90 Å². The van der Waals surface area contributed by atoms with Crippen LogP contribution in [0.25, 0.3) is 0 Å². The maximum absolute atomic E-state index is 8.74. The highest BCUT2D eigenvalue weighted by Gasteiger charge is 1.97. The van der Waals surface area contributed by atoms with Crippen molar-refractivity contribution >= 4 is 26.5 Å². The Morgan fingerprint density at radius 3 is 1.33 bits per heavy atom. The van der Waals surface area contributed by atoms with Gasteiger partial charge in [0.2, 0.25) is 0 Å². The normalized spacial score (nSPS) is 10.6. The van der Waals surface area contributed by atoms with Crippen LogP contribution in [-0.2, 0) is 20.8 Å². The minimum Gasteiger partial charge on any atom is -0.372 e. The number of rotatable bonds is 3. The number of hydrogen-bond donors (Lipinski definition) is 4. The lowest BCUT2D eigenvalue weighted by atomic mass is 10.3. The first-order valence-corrected chi connectivity index (χ1v) is 8.37. The second-order valence-electron chi connectivity index (χ2n) is 3.40. The topological polar surface area (TPSA) is 152 Å². The van der Waals surface area contributed by atoms with Gasteiger partial charge in [0.1, 0.15) is 0 Å². The van der Waals surface area contributed by atoms with Crippen LogP contribution in [-0.4, -0.2) is 48.1 Å². The summed E-state index contributed by atoms with van der Waals surface area (Å²) in [6.45, 7) is 6.52.